The fraction of sp³-hybridized carbons (Fsp3) is 0.944. The fourth-order valence-electron chi connectivity index (χ4n) is 3.93. The number of morpholine rings is 1. The van der Waals surface area contributed by atoms with E-state index in [0.29, 0.717) is 5.41 Å². The number of ether oxygens (including phenoxy) is 1. The van der Waals surface area contributed by atoms with Gasteiger partial charge in [0.25, 0.3) is 0 Å². The van der Waals surface area contributed by atoms with Crippen LogP contribution in [0.25, 0.3) is 0 Å². The molecule has 23 heavy (non-hydrogen) atoms. The van der Waals surface area contributed by atoms with Crippen molar-refractivity contribution >= 4 is 5.96 Å². The monoisotopic (exact) mass is 322 g/mol. The van der Waals surface area contributed by atoms with Crippen molar-refractivity contribution in [1.29, 1.82) is 0 Å². The molecule has 5 heteroatoms. The van der Waals surface area contributed by atoms with Gasteiger partial charge in [-0.25, -0.2) is 0 Å². The van der Waals surface area contributed by atoms with E-state index in [1.54, 1.807) is 0 Å². The van der Waals surface area contributed by atoms with Crippen LogP contribution in [0.2, 0.25) is 0 Å². The van der Waals surface area contributed by atoms with Crippen LogP contribution >= 0.6 is 0 Å². The number of nitrogens with one attached hydrogen (secondary N) is 2. The predicted octanol–water partition coefficient (Wildman–Crippen LogP) is 1.84. The molecule has 3 aliphatic rings. The molecule has 0 atom stereocenters. The van der Waals surface area contributed by atoms with Crippen molar-refractivity contribution in [2.45, 2.75) is 45.4 Å². The molecule has 5 nitrogen and oxygen atoms in total. The Morgan fingerprint density at radius 1 is 1.22 bits per heavy atom. The van der Waals surface area contributed by atoms with E-state index in [2.05, 4.69) is 22.5 Å². The minimum absolute atomic E-state index is 0.566. The molecule has 0 aromatic carbocycles. The van der Waals surface area contributed by atoms with Gasteiger partial charge in [0.15, 0.2) is 5.96 Å². The average Bonchev–Trinajstić information content (AvgIpc) is 3.36. The summed E-state index contributed by atoms with van der Waals surface area (Å²) in [5.41, 5.74) is 0.566. The fourth-order valence-corrected chi connectivity index (χ4v) is 3.93. The lowest BCUT2D eigenvalue weighted by Gasteiger charge is -2.41. The first kappa shape index (κ1) is 17.0. The van der Waals surface area contributed by atoms with Gasteiger partial charge in [-0.15, -0.1) is 0 Å². The maximum atomic E-state index is 5.39. The summed E-state index contributed by atoms with van der Waals surface area (Å²) in [4.78, 5) is 7.41. The van der Waals surface area contributed by atoms with E-state index < -0.39 is 0 Å². The Labute approximate surface area is 141 Å². The molecule has 0 amide bonds. The van der Waals surface area contributed by atoms with E-state index in [1.807, 2.05) is 0 Å². The normalized spacial score (nSPS) is 25.0. The second-order valence-corrected chi connectivity index (χ2v) is 7.42. The summed E-state index contributed by atoms with van der Waals surface area (Å²) in [5, 5.41) is 6.93. The number of hydrogen-bond donors (Lipinski definition) is 2. The van der Waals surface area contributed by atoms with Gasteiger partial charge in [-0.05, 0) is 56.9 Å². The van der Waals surface area contributed by atoms with Crippen LogP contribution in [0, 0.1) is 11.3 Å². The van der Waals surface area contributed by atoms with Crippen molar-refractivity contribution < 1.29 is 4.74 Å². The Hall–Kier alpha value is -0.810. The third-order valence-electron chi connectivity index (χ3n) is 5.74. The Bertz CT molecular complexity index is 384. The van der Waals surface area contributed by atoms with Crippen molar-refractivity contribution in [3.63, 3.8) is 0 Å². The molecular weight excluding hydrogens is 288 g/mol. The first-order valence-corrected chi connectivity index (χ1v) is 9.65. The molecule has 0 bridgehead atoms. The van der Waals surface area contributed by atoms with Crippen molar-refractivity contribution in [1.82, 2.24) is 15.5 Å². The molecule has 1 saturated heterocycles. The lowest BCUT2D eigenvalue weighted by atomic mass is 9.65. The average molecular weight is 322 g/mol. The maximum absolute atomic E-state index is 5.39. The van der Waals surface area contributed by atoms with Crippen molar-refractivity contribution in [3.8, 4) is 0 Å². The van der Waals surface area contributed by atoms with Crippen LogP contribution in [0.15, 0.2) is 4.99 Å². The molecule has 132 valence electrons. The number of hydrogen-bond acceptors (Lipinski definition) is 3. The summed E-state index contributed by atoms with van der Waals surface area (Å²) in [7, 11) is 0. The number of nitrogens with zero attached hydrogens (tertiary/aromatic N) is 2. The molecule has 1 heterocycles. The third kappa shape index (κ3) is 4.83. The van der Waals surface area contributed by atoms with Crippen LogP contribution in [-0.4, -0.2) is 63.3 Å². The predicted molar refractivity (Wildman–Crippen MR) is 94.9 cm³/mol. The van der Waals surface area contributed by atoms with Crippen molar-refractivity contribution in [2.24, 2.45) is 16.3 Å². The van der Waals surface area contributed by atoms with E-state index >= 15 is 0 Å². The zero-order chi connectivity index (χ0) is 16.0. The minimum atomic E-state index is 0.566. The summed E-state index contributed by atoms with van der Waals surface area (Å²) < 4.78 is 5.39. The van der Waals surface area contributed by atoms with E-state index in [9.17, 15) is 0 Å². The van der Waals surface area contributed by atoms with Gasteiger partial charge in [0.2, 0.25) is 0 Å². The Balaban J connectivity index is 1.38. The van der Waals surface area contributed by atoms with Crippen LogP contribution in [0.4, 0.5) is 0 Å². The minimum Gasteiger partial charge on any atom is -0.379 e. The molecule has 0 unspecified atom stereocenters. The zero-order valence-corrected chi connectivity index (χ0v) is 14.8. The summed E-state index contributed by atoms with van der Waals surface area (Å²) in [6.45, 7) is 10.2. The number of guanidine groups is 1. The molecule has 3 rings (SSSR count). The third-order valence-corrected chi connectivity index (χ3v) is 5.74. The maximum Gasteiger partial charge on any atom is 0.191 e. The highest BCUT2D eigenvalue weighted by Crippen LogP contribution is 2.57. The Morgan fingerprint density at radius 2 is 2.00 bits per heavy atom. The standard InChI is InChI=1S/C18H34N4O/c1-2-19-17(20-9-4-10-22-11-13-23-14-12-22)21-15-18(7-3-8-18)16-5-6-16/h16H,2-15H2,1H3,(H2,19,20,21). The van der Waals surface area contributed by atoms with Gasteiger partial charge in [0, 0.05) is 32.7 Å². The molecule has 1 aliphatic heterocycles. The highest BCUT2D eigenvalue weighted by Gasteiger charge is 2.48. The van der Waals surface area contributed by atoms with Gasteiger partial charge in [0.05, 0.1) is 13.2 Å². The molecule has 0 aromatic rings. The summed E-state index contributed by atoms with van der Waals surface area (Å²) in [6.07, 6.45) is 8.26. The molecule has 2 aliphatic carbocycles. The van der Waals surface area contributed by atoms with Gasteiger partial charge in [0.1, 0.15) is 0 Å². The summed E-state index contributed by atoms with van der Waals surface area (Å²) in [6, 6.07) is 0. The molecule has 0 radical (unpaired) electrons. The van der Waals surface area contributed by atoms with Gasteiger partial charge in [-0.2, -0.15) is 0 Å². The summed E-state index contributed by atoms with van der Waals surface area (Å²) >= 11 is 0. The lowest BCUT2D eigenvalue weighted by molar-refractivity contribution is 0.0376. The Morgan fingerprint density at radius 3 is 2.61 bits per heavy atom. The lowest BCUT2D eigenvalue weighted by Crippen LogP contribution is -2.42. The second kappa shape index (κ2) is 8.34. The van der Waals surface area contributed by atoms with Gasteiger partial charge < -0.3 is 15.4 Å². The first-order chi connectivity index (χ1) is 11.3. The number of aliphatic imine (C=N–C) groups is 1. The zero-order valence-electron chi connectivity index (χ0n) is 14.8. The van der Waals surface area contributed by atoms with Crippen LogP contribution in [-0.2, 0) is 4.74 Å². The Kier molecular flexibility index (Phi) is 6.17. The van der Waals surface area contributed by atoms with Gasteiger partial charge in [-0.1, -0.05) is 6.42 Å². The molecule has 0 spiro atoms. The molecular formula is C18H34N4O. The van der Waals surface area contributed by atoms with E-state index in [-0.39, 0.29) is 0 Å². The van der Waals surface area contributed by atoms with Crippen LogP contribution < -0.4 is 10.6 Å². The van der Waals surface area contributed by atoms with E-state index in [1.165, 1.54) is 32.1 Å². The van der Waals surface area contributed by atoms with Crippen molar-refractivity contribution in [2.75, 3.05) is 52.5 Å². The smallest absolute Gasteiger partial charge is 0.191 e. The SMILES string of the molecule is CCNC(=NCC1(C2CC2)CCC1)NCCCN1CCOCC1. The summed E-state index contributed by atoms with van der Waals surface area (Å²) in [5.74, 6) is 1.99. The van der Waals surface area contributed by atoms with Crippen LogP contribution in [0.3, 0.4) is 0 Å². The molecule has 3 fully saturated rings. The molecule has 0 aromatic heterocycles. The highest BCUT2D eigenvalue weighted by atomic mass is 16.5. The van der Waals surface area contributed by atoms with Gasteiger partial charge in [-0.3, -0.25) is 9.89 Å². The van der Waals surface area contributed by atoms with Gasteiger partial charge >= 0.3 is 0 Å². The van der Waals surface area contributed by atoms with Crippen molar-refractivity contribution in [3.05, 3.63) is 0 Å². The molecule has 2 N–H and O–H groups in total. The van der Waals surface area contributed by atoms with E-state index in [4.69, 9.17) is 9.73 Å². The topological polar surface area (TPSA) is 48.9 Å². The molecule has 2 saturated carbocycles. The van der Waals surface area contributed by atoms with E-state index in [0.717, 1.165) is 70.8 Å². The largest absolute Gasteiger partial charge is 0.379 e. The first-order valence-electron chi connectivity index (χ1n) is 9.65. The highest BCUT2D eigenvalue weighted by molar-refractivity contribution is 5.79. The quantitative estimate of drug-likeness (QED) is 0.407. The second-order valence-electron chi connectivity index (χ2n) is 7.42. The van der Waals surface area contributed by atoms with Crippen LogP contribution in [0.5, 0.6) is 0 Å². The van der Waals surface area contributed by atoms with Crippen LogP contribution in [0.1, 0.15) is 45.4 Å². The number of rotatable bonds is 8.